The van der Waals surface area contributed by atoms with Crippen LogP contribution in [0.1, 0.15) is 55.1 Å². The molecule has 3 aromatic rings. The molecule has 158 valence electrons. The molecule has 5 rings (SSSR count). The first-order valence-electron chi connectivity index (χ1n) is 10.5. The fourth-order valence-corrected chi connectivity index (χ4v) is 6.02. The summed E-state index contributed by atoms with van der Waals surface area (Å²) in [5, 5.41) is 5.16. The zero-order valence-corrected chi connectivity index (χ0v) is 17.8. The third kappa shape index (κ3) is 3.49. The number of hydrogen-bond donors (Lipinski definition) is 2. The number of ether oxygens (including phenoxy) is 1. The van der Waals surface area contributed by atoms with E-state index in [1.165, 1.54) is 22.5 Å². The Bertz CT molecular complexity index is 1230. The first-order valence-corrected chi connectivity index (χ1v) is 11.3. The molecule has 0 radical (unpaired) electrons. The number of nitrogens with two attached hydrogens (primary N) is 1. The quantitative estimate of drug-likeness (QED) is 0.597. The van der Waals surface area contributed by atoms with Crippen LogP contribution in [0, 0.1) is 0 Å². The molecule has 1 aromatic heterocycles. The number of amides is 2. The molecule has 0 aliphatic heterocycles. The molecule has 2 aromatic carbocycles. The summed E-state index contributed by atoms with van der Waals surface area (Å²) >= 11 is 1.39. The average Bonchev–Trinajstić information content (AvgIpc) is 3.34. The summed E-state index contributed by atoms with van der Waals surface area (Å²) in [4.78, 5) is 38.3. The Hall–Kier alpha value is -3.19. The number of anilines is 1. The van der Waals surface area contributed by atoms with Gasteiger partial charge in [0, 0.05) is 4.88 Å². The molecular weight excluding hydrogens is 412 g/mol. The molecule has 2 aliphatic carbocycles. The van der Waals surface area contributed by atoms with Crippen molar-refractivity contribution in [3.05, 3.63) is 63.0 Å². The lowest BCUT2D eigenvalue weighted by Crippen LogP contribution is -2.23. The number of esters is 1. The number of benzene rings is 2. The number of primary amides is 1. The minimum atomic E-state index is -0.542. The average molecular weight is 435 g/mol. The number of carbonyl (C=O) groups excluding carboxylic acids is 3. The Kier molecular flexibility index (Phi) is 4.98. The second-order valence-electron chi connectivity index (χ2n) is 8.02. The van der Waals surface area contributed by atoms with E-state index >= 15 is 0 Å². The van der Waals surface area contributed by atoms with Crippen LogP contribution in [-0.2, 0) is 35.2 Å². The highest BCUT2D eigenvalue weighted by Crippen LogP contribution is 2.38. The predicted molar refractivity (Wildman–Crippen MR) is 120 cm³/mol. The van der Waals surface area contributed by atoms with Crippen LogP contribution >= 0.6 is 11.3 Å². The van der Waals surface area contributed by atoms with Gasteiger partial charge in [-0.2, -0.15) is 0 Å². The van der Waals surface area contributed by atoms with Gasteiger partial charge in [-0.15, -0.1) is 11.3 Å². The predicted octanol–water partition coefficient (Wildman–Crippen LogP) is 3.77. The Labute approximate surface area is 183 Å². The van der Waals surface area contributed by atoms with Crippen molar-refractivity contribution in [2.45, 2.75) is 38.5 Å². The van der Waals surface area contributed by atoms with E-state index in [-0.39, 0.29) is 0 Å². The van der Waals surface area contributed by atoms with E-state index in [1.807, 2.05) is 18.2 Å². The highest BCUT2D eigenvalue weighted by molar-refractivity contribution is 7.17. The van der Waals surface area contributed by atoms with Gasteiger partial charge >= 0.3 is 5.97 Å². The molecule has 0 saturated carbocycles. The Morgan fingerprint density at radius 1 is 1.00 bits per heavy atom. The number of fused-ring (bicyclic) bond motifs is 1. The van der Waals surface area contributed by atoms with Gasteiger partial charge in [0.05, 0.1) is 11.1 Å². The van der Waals surface area contributed by atoms with Crippen molar-refractivity contribution < 1.29 is 19.1 Å². The van der Waals surface area contributed by atoms with Gasteiger partial charge in [-0.1, -0.05) is 24.3 Å². The van der Waals surface area contributed by atoms with Crippen molar-refractivity contribution in [3.63, 3.8) is 0 Å². The molecular formula is C24H22N2O4S. The van der Waals surface area contributed by atoms with Gasteiger partial charge < -0.3 is 15.8 Å². The SMILES string of the molecule is NC(=O)c1c(NC(=O)COC(=O)c2ccc3c4c(cccc24)CC3)sc2c1CCCC2. The molecule has 6 nitrogen and oxygen atoms in total. The van der Waals surface area contributed by atoms with Gasteiger partial charge in [0.15, 0.2) is 6.61 Å². The summed E-state index contributed by atoms with van der Waals surface area (Å²) in [5.74, 6) is -1.56. The van der Waals surface area contributed by atoms with Gasteiger partial charge in [0.2, 0.25) is 0 Å². The largest absolute Gasteiger partial charge is 0.452 e. The minimum Gasteiger partial charge on any atom is -0.452 e. The third-order valence-electron chi connectivity index (χ3n) is 6.10. The topological polar surface area (TPSA) is 98.5 Å². The van der Waals surface area contributed by atoms with Crippen molar-refractivity contribution in [2.75, 3.05) is 11.9 Å². The lowest BCUT2D eigenvalue weighted by molar-refractivity contribution is -0.119. The number of aryl methyl sites for hydroxylation is 3. The molecule has 2 aliphatic rings. The van der Waals surface area contributed by atoms with Gasteiger partial charge in [-0.3, -0.25) is 9.59 Å². The molecule has 0 atom stereocenters. The van der Waals surface area contributed by atoms with Crippen LogP contribution in [0.3, 0.4) is 0 Å². The first kappa shape index (κ1) is 19.8. The molecule has 0 fully saturated rings. The summed E-state index contributed by atoms with van der Waals surface area (Å²) in [6, 6.07) is 9.68. The van der Waals surface area contributed by atoms with Crippen LogP contribution in [-0.4, -0.2) is 24.4 Å². The highest BCUT2D eigenvalue weighted by atomic mass is 32.1. The van der Waals surface area contributed by atoms with Crippen molar-refractivity contribution in [1.29, 1.82) is 0 Å². The van der Waals surface area contributed by atoms with Crippen molar-refractivity contribution >= 4 is 44.9 Å². The smallest absolute Gasteiger partial charge is 0.339 e. The number of rotatable bonds is 5. The number of hydrogen-bond acceptors (Lipinski definition) is 5. The van der Waals surface area contributed by atoms with E-state index in [1.54, 1.807) is 6.07 Å². The van der Waals surface area contributed by atoms with Gasteiger partial charge in [-0.25, -0.2) is 4.79 Å². The Morgan fingerprint density at radius 3 is 2.58 bits per heavy atom. The molecule has 31 heavy (non-hydrogen) atoms. The molecule has 0 saturated heterocycles. The van der Waals surface area contributed by atoms with Crippen LogP contribution in [0.5, 0.6) is 0 Å². The lowest BCUT2D eigenvalue weighted by Gasteiger charge is -2.11. The van der Waals surface area contributed by atoms with E-state index in [2.05, 4.69) is 11.4 Å². The van der Waals surface area contributed by atoms with Gasteiger partial charge in [-0.05, 0) is 72.1 Å². The molecule has 0 unspecified atom stereocenters. The van der Waals surface area contributed by atoms with Crippen molar-refractivity contribution in [3.8, 4) is 0 Å². The van der Waals surface area contributed by atoms with E-state index in [9.17, 15) is 14.4 Å². The normalized spacial score (nSPS) is 14.3. The number of nitrogens with one attached hydrogen (secondary N) is 1. The maximum Gasteiger partial charge on any atom is 0.339 e. The summed E-state index contributed by atoms with van der Waals surface area (Å²) < 4.78 is 5.31. The Balaban J connectivity index is 1.31. The lowest BCUT2D eigenvalue weighted by atomic mass is 9.95. The molecule has 1 heterocycles. The van der Waals surface area contributed by atoms with Crippen LogP contribution in [0.4, 0.5) is 5.00 Å². The zero-order valence-electron chi connectivity index (χ0n) is 17.0. The second kappa shape index (κ2) is 7.81. The summed E-state index contributed by atoms with van der Waals surface area (Å²) in [6.45, 7) is -0.428. The van der Waals surface area contributed by atoms with Crippen LogP contribution in [0.25, 0.3) is 10.8 Å². The van der Waals surface area contributed by atoms with E-state index < -0.39 is 24.4 Å². The third-order valence-corrected chi connectivity index (χ3v) is 7.31. The van der Waals surface area contributed by atoms with E-state index in [4.69, 9.17) is 10.5 Å². The maximum atomic E-state index is 12.7. The van der Waals surface area contributed by atoms with E-state index in [0.29, 0.717) is 16.1 Å². The zero-order chi connectivity index (χ0) is 21.5. The fourth-order valence-electron chi connectivity index (χ4n) is 4.71. The molecule has 2 amide bonds. The minimum absolute atomic E-state index is 0.395. The number of thiophene rings is 1. The molecule has 3 N–H and O–H groups in total. The summed E-state index contributed by atoms with van der Waals surface area (Å²) in [7, 11) is 0. The fraction of sp³-hybridized carbons (Fsp3) is 0.292. The number of carbonyl (C=O) groups is 3. The Morgan fingerprint density at radius 2 is 1.77 bits per heavy atom. The molecule has 0 bridgehead atoms. The van der Waals surface area contributed by atoms with Crippen LogP contribution < -0.4 is 11.1 Å². The van der Waals surface area contributed by atoms with Crippen LogP contribution in [0.2, 0.25) is 0 Å². The molecule has 0 spiro atoms. The van der Waals surface area contributed by atoms with Crippen molar-refractivity contribution in [1.82, 2.24) is 0 Å². The van der Waals surface area contributed by atoms with E-state index in [0.717, 1.165) is 59.7 Å². The maximum absolute atomic E-state index is 12.7. The highest BCUT2D eigenvalue weighted by Gasteiger charge is 2.25. The van der Waals surface area contributed by atoms with Crippen molar-refractivity contribution in [2.24, 2.45) is 5.73 Å². The van der Waals surface area contributed by atoms with Gasteiger partial charge in [0.25, 0.3) is 11.8 Å². The second-order valence-corrected chi connectivity index (χ2v) is 9.12. The standard InChI is InChI=1S/C24H22N2O4S/c25-22(28)21-17-5-1-2-7-18(17)31-23(21)26-19(27)12-30-24(29)16-11-10-14-9-8-13-4-3-6-15(16)20(13)14/h3-4,6,10-11H,1-2,5,7-9,12H2,(H2,25,28)(H,26,27). The first-order chi connectivity index (χ1) is 15.0. The summed E-state index contributed by atoms with van der Waals surface area (Å²) in [5.41, 5.74) is 9.84. The van der Waals surface area contributed by atoms with Crippen LogP contribution in [0.15, 0.2) is 30.3 Å². The summed E-state index contributed by atoms with van der Waals surface area (Å²) in [6.07, 6.45) is 5.69. The van der Waals surface area contributed by atoms with Gasteiger partial charge in [0.1, 0.15) is 5.00 Å². The molecule has 7 heteroatoms. The monoisotopic (exact) mass is 434 g/mol.